The van der Waals surface area contributed by atoms with Crippen molar-refractivity contribution in [3.8, 4) is 0 Å². The molecule has 1 aromatic heterocycles. The molecular formula is C10H16N6O3S. The minimum absolute atomic E-state index is 0.111. The van der Waals surface area contributed by atoms with Crippen LogP contribution in [-0.4, -0.2) is 58.3 Å². The number of aliphatic carboxylic acids is 1. The first-order valence-corrected chi connectivity index (χ1v) is 6.77. The highest BCUT2D eigenvalue weighted by Crippen LogP contribution is 2.13. The van der Waals surface area contributed by atoms with Gasteiger partial charge >= 0.3 is 5.97 Å². The summed E-state index contributed by atoms with van der Waals surface area (Å²) in [6, 6.07) is -0.940. The Morgan fingerprint density at radius 1 is 1.50 bits per heavy atom. The minimum Gasteiger partial charge on any atom is -0.480 e. The van der Waals surface area contributed by atoms with Gasteiger partial charge in [-0.25, -0.2) is 4.79 Å². The summed E-state index contributed by atoms with van der Waals surface area (Å²) in [5.74, 6) is 0.499. The van der Waals surface area contributed by atoms with Crippen molar-refractivity contribution in [2.24, 2.45) is 0 Å². The number of nitrogens with two attached hydrogens (primary N) is 1. The van der Waals surface area contributed by atoms with E-state index in [1.807, 2.05) is 0 Å². The average molecular weight is 300 g/mol. The maximum Gasteiger partial charge on any atom is 0.327 e. The number of carboxylic acid groups (broad SMARTS) is 1. The van der Waals surface area contributed by atoms with E-state index in [2.05, 4.69) is 20.3 Å². The maximum absolute atomic E-state index is 10.8. The normalized spacial score (nSPS) is 11.7. The van der Waals surface area contributed by atoms with Crippen molar-refractivity contribution in [1.82, 2.24) is 20.3 Å². The standard InChI is InChI=1S/C10H16N6O3S/c1-16(2)10-14-7(13-9(11)15-10)4-20-3-6(8(18)19)12-5-17/h5-6H,3-4H2,1-2H3,(H,12,17)(H,18,19)(H2,11,13,14,15). The van der Waals surface area contributed by atoms with E-state index in [0.717, 1.165) is 0 Å². The van der Waals surface area contributed by atoms with E-state index in [-0.39, 0.29) is 11.7 Å². The lowest BCUT2D eigenvalue weighted by molar-refractivity contribution is -0.139. The summed E-state index contributed by atoms with van der Waals surface area (Å²) >= 11 is 1.28. The molecule has 1 atom stereocenters. The Hall–Kier alpha value is -2.10. The summed E-state index contributed by atoms with van der Waals surface area (Å²) in [6.45, 7) is 0. The monoisotopic (exact) mass is 300 g/mol. The largest absolute Gasteiger partial charge is 0.480 e. The van der Waals surface area contributed by atoms with Gasteiger partial charge in [0, 0.05) is 19.8 Å². The molecule has 1 unspecified atom stereocenters. The molecule has 0 saturated heterocycles. The first-order valence-electron chi connectivity index (χ1n) is 5.62. The van der Waals surface area contributed by atoms with Crippen molar-refractivity contribution in [2.45, 2.75) is 11.8 Å². The molecule has 0 bridgehead atoms. The molecule has 0 radical (unpaired) electrons. The van der Waals surface area contributed by atoms with Crippen LogP contribution in [0.4, 0.5) is 11.9 Å². The fraction of sp³-hybridized carbons (Fsp3) is 0.500. The molecule has 0 aliphatic rings. The molecule has 0 spiro atoms. The first kappa shape index (κ1) is 16.0. The Labute approximate surface area is 120 Å². The second kappa shape index (κ2) is 7.48. The molecule has 0 aliphatic carbocycles. The third-order valence-corrected chi connectivity index (χ3v) is 3.20. The van der Waals surface area contributed by atoms with Gasteiger partial charge < -0.3 is 21.1 Å². The molecule has 1 aromatic rings. The fourth-order valence-corrected chi connectivity index (χ4v) is 2.13. The van der Waals surface area contributed by atoms with Crippen LogP contribution in [0.1, 0.15) is 5.82 Å². The predicted octanol–water partition coefficient (Wildman–Crippen LogP) is -1.05. The molecule has 10 heteroatoms. The molecule has 110 valence electrons. The van der Waals surface area contributed by atoms with Gasteiger partial charge in [0.15, 0.2) is 0 Å². The summed E-state index contributed by atoms with van der Waals surface area (Å²) in [4.78, 5) is 34.9. The van der Waals surface area contributed by atoms with Crippen LogP contribution < -0.4 is 16.0 Å². The van der Waals surface area contributed by atoms with E-state index < -0.39 is 12.0 Å². The van der Waals surface area contributed by atoms with Crippen LogP contribution >= 0.6 is 11.8 Å². The quantitative estimate of drug-likeness (QED) is 0.514. The zero-order chi connectivity index (χ0) is 15.1. The summed E-state index contributed by atoms with van der Waals surface area (Å²) < 4.78 is 0. The van der Waals surface area contributed by atoms with Crippen molar-refractivity contribution in [3.63, 3.8) is 0 Å². The van der Waals surface area contributed by atoms with E-state index in [9.17, 15) is 9.59 Å². The van der Waals surface area contributed by atoms with Gasteiger partial charge in [0.2, 0.25) is 18.3 Å². The first-order chi connectivity index (χ1) is 9.43. The number of nitrogens with one attached hydrogen (secondary N) is 1. The van der Waals surface area contributed by atoms with Crippen molar-refractivity contribution >= 4 is 36.0 Å². The third-order valence-electron chi connectivity index (χ3n) is 2.17. The molecule has 4 N–H and O–H groups in total. The number of hydrogen-bond donors (Lipinski definition) is 3. The van der Waals surface area contributed by atoms with Gasteiger partial charge in [-0.2, -0.15) is 26.7 Å². The molecule has 0 aliphatic heterocycles. The number of rotatable bonds is 8. The van der Waals surface area contributed by atoms with Crippen LogP contribution in [-0.2, 0) is 15.3 Å². The maximum atomic E-state index is 10.8. The SMILES string of the molecule is CN(C)c1nc(N)nc(CSCC(NC=O)C(=O)O)n1. The number of anilines is 2. The van der Waals surface area contributed by atoms with Crippen LogP contribution in [0.15, 0.2) is 0 Å². The summed E-state index contributed by atoms with van der Waals surface area (Å²) in [7, 11) is 3.56. The van der Waals surface area contributed by atoms with Gasteiger partial charge in [-0.15, -0.1) is 0 Å². The van der Waals surface area contributed by atoms with Gasteiger partial charge in [-0.3, -0.25) is 4.79 Å². The zero-order valence-corrected chi connectivity index (χ0v) is 11.9. The lowest BCUT2D eigenvalue weighted by Crippen LogP contribution is -2.37. The Kier molecular flexibility index (Phi) is 5.97. The van der Waals surface area contributed by atoms with Gasteiger partial charge in [-0.1, -0.05) is 0 Å². The highest BCUT2D eigenvalue weighted by atomic mass is 32.2. The molecule has 9 nitrogen and oxygen atoms in total. The number of carboxylic acids is 1. The smallest absolute Gasteiger partial charge is 0.327 e. The highest BCUT2D eigenvalue weighted by Gasteiger charge is 2.16. The van der Waals surface area contributed by atoms with Crippen LogP contribution in [0.5, 0.6) is 0 Å². The zero-order valence-electron chi connectivity index (χ0n) is 11.1. The molecule has 0 aromatic carbocycles. The minimum atomic E-state index is -1.09. The second-order valence-electron chi connectivity index (χ2n) is 3.99. The third kappa shape index (κ3) is 4.88. The van der Waals surface area contributed by atoms with Crippen molar-refractivity contribution in [3.05, 3.63) is 5.82 Å². The van der Waals surface area contributed by atoms with Crippen molar-refractivity contribution < 1.29 is 14.7 Å². The van der Waals surface area contributed by atoms with Crippen LogP contribution in [0.3, 0.4) is 0 Å². The second-order valence-corrected chi connectivity index (χ2v) is 5.02. The lowest BCUT2D eigenvalue weighted by atomic mass is 10.3. The molecule has 0 saturated carbocycles. The highest BCUT2D eigenvalue weighted by molar-refractivity contribution is 7.98. The fourth-order valence-electron chi connectivity index (χ4n) is 1.23. The molecule has 1 rings (SSSR count). The van der Waals surface area contributed by atoms with Crippen molar-refractivity contribution in [2.75, 3.05) is 30.5 Å². The van der Waals surface area contributed by atoms with E-state index in [1.54, 1.807) is 19.0 Å². The van der Waals surface area contributed by atoms with Gasteiger partial charge in [0.05, 0.1) is 5.75 Å². The molecular weight excluding hydrogens is 284 g/mol. The Bertz CT molecular complexity index is 484. The Morgan fingerprint density at radius 3 is 2.75 bits per heavy atom. The Balaban J connectivity index is 2.61. The number of aromatic nitrogens is 3. The summed E-state index contributed by atoms with van der Waals surface area (Å²) in [5.41, 5.74) is 5.57. The van der Waals surface area contributed by atoms with E-state index >= 15 is 0 Å². The number of hydrogen-bond acceptors (Lipinski definition) is 8. The topological polar surface area (TPSA) is 134 Å². The van der Waals surface area contributed by atoms with Gasteiger partial charge in [-0.05, 0) is 0 Å². The van der Waals surface area contributed by atoms with Crippen molar-refractivity contribution in [1.29, 1.82) is 0 Å². The lowest BCUT2D eigenvalue weighted by Gasteiger charge is -2.12. The molecule has 1 amide bonds. The molecule has 0 fully saturated rings. The van der Waals surface area contributed by atoms with Crippen LogP contribution in [0.25, 0.3) is 0 Å². The number of nitrogen functional groups attached to an aromatic ring is 1. The Morgan fingerprint density at radius 2 is 2.20 bits per heavy atom. The summed E-state index contributed by atoms with van der Waals surface area (Å²) in [6.07, 6.45) is 0.365. The number of amides is 1. The van der Waals surface area contributed by atoms with Crippen LogP contribution in [0.2, 0.25) is 0 Å². The van der Waals surface area contributed by atoms with Crippen LogP contribution in [0, 0.1) is 0 Å². The number of carbonyl (C=O) groups is 2. The van der Waals surface area contributed by atoms with Gasteiger partial charge in [0.25, 0.3) is 0 Å². The van der Waals surface area contributed by atoms with Gasteiger partial charge in [0.1, 0.15) is 11.9 Å². The average Bonchev–Trinajstić information content (AvgIpc) is 2.36. The molecule has 20 heavy (non-hydrogen) atoms. The number of nitrogens with zero attached hydrogens (tertiary/aromatic N) is 4. The predicted molar refractivity (Wildman–Crippen MR) is 75.4 cm³/mol. The van der Waals surface area contributed by atoms with E-state index in [4.69, 9.17) is 10.8 Å². The number of carbonyl (C=O) groups excluding carboxylic acids is 1. The van der Waals surface area contributed by atoms with E-state index in [1.165, 1.54) is 11.8 Å². The molecule has 1 heterocycles. The summed E-state index contributed by atoms with van der Waals surface area (Å²) in [5, 5.41) is 11.1. The van der Waals surface area contributed by atoms with E-state index in [0.29, 0.717) is 23.9 Å². The number of thioether (sulfide) groups is 1.